The molecule has 0 atom stereocenters. The molecule has 2 aliphatic carbocycles. The van der Waals surface area contributed by atoms with Gasteiger partial charge in [0.15, 0.2) is 23.1 Å². The van der Waals surface area contributed by atoms with Crippen LogP contribution in [-0.2, 0) is 28.7 Å². The molecule has 0 unspecified atom stereocenters. The highest BCUT2D eigenvalue weighted by molar-refractivity contribution is 6.12. The Morgan fingerprint density at radius 2 is 0.675 bits per heavy atom. The smallest absolute Gasteiger partial charge is 0.308 e. The molecule has 0 aromatic rings. The molecule has 0 N–H and O–H groups in total. The van der Waals surface area contributed by atoms with Crippen molar-refractivity contribution in [2.24, 2.45) is 21.7 Å². The fraction of sp³-hybridized carbons (Fsp3) is 0.529. The van der Waals surface area contributed by atoms with Crippen LogP contribution in [0.4, 0.5) is 0 Å². The van der Waals surface area contributed by atoms with E-state index in [0.717, 1.165) is 0 Å². The van der Waals surface area contributed by atoms with Gasteiger partial charge in [-0.1, -0.05) is 83.1 Å². The maximum absolute atomic E-state index is 13.6. The van der Waals surface area contributed by atoms with Crippen molar-refractivity contribution in [2.45, 2.75) is 96.9 Å². The van der Waals surface area contributed by atoms with Crippen LogP contribution in [0.5, 0.6) is 0 Å². The van der Waals surface area contributed by atoms with Gasteiger partial charge in [0.2, 0.25) is 0 Å². The molecule has 218 valence electrons. The van der Waals surface area contributed by atoms with E-state index >= 15 is 0 Å². The number of ketones is 2. The summed E-state index contributed by atoms with van der Waals surface area (Å²) in [5.41, 5.74) is 0.981. The highest BCUT2D eigenvalue weighted by Gasteiger charge is 2.38. The minimum absolute atomic E-state index is 0.0112. The standard InChI is InChI=1S/C34H46O6/c1-19(35)39-29(21-15-23(31(3,4)5)27(37)24(16-21)32(6,7)8)30(40-20(2)36)22-17-25(33(9,10)11)28(38)26(18-22)34(12,13)14/h15-18H,1-14H3. The Morgan fingerprint density at radius 1 is 0.475 bits per heavy atom. The molecule has 0 radical (unpaired) electrons. The lowest BCUT2D eigenvalue weighted by Crippen LogP contribution is -2.29. The molecule has 40 heavy (non-hydrogen) atoms. The van der Waals surface area contributed by atoms with Crippen LogP contribution >= 0.6 is 0 Å². The average Bonchev–Trinajstić information content (AvgIpc) is 2.73. The quantitative estimate of drug-likeness (QED) is 0.265. The molecule has 0 bridgehead atoms. The van der Waals surface area contributed by atoms with E-state index < -0.39 is 33.6 Å². The average molecular weight is 551 g/mol. The van der Waals surface area contributed by atoms with Gasteiger partial charge in [0.05, 0.1) is 0 Å². The molecular formula is C34H46O6. The number of rotatable bonds is 3. The molecule has 6 heteroatoms. The van der Waals surface area contributed by atoms with Crippen molar-refractivity contribution in [3.8, 4) is 0 Å². The monoisotopic (exact) mass is 550 g/mol. The van der Waals surface area contributed by atoms with Crippen LogP contribution < -0.4 is 0 Å². The van der Waals surface area contributed by atoms with Gasteiger partial charge in [-0.25, -0.2) is 0 Å². The minimum Gasteiger partial charge on any atom is -0.422 e. The minimum atomic E-state index is -0.618. The van der Waals surface area contributed by atoms with E-state index in [1.54, 1.807) is 24.3 Å². The number of esters is 2. The predicted octanol–water partition coefficient (Wildman–Crippen LogP) is 7.68. The van der Waals surface area contributed by atoms with Gasteiger partial charge < -0.3 is 9.47 Å². The lowest BCUT2D eigenvalue weighted by molar-refractivity contribution is -0.141. The summed E-state index contributed by atoms with van der Waals surface area (Å²) in [6, 6.07) is 0. The molecule has 2 rings (SSSR count). The number of hydrogen-bond donors (Lipinski definition) is 0. The van der Waals surface area contributed by atoms with E-state index in [2.05, 4.69) is 0 Å². The van der Waals surface area contributed by atoms with Crippen LogP contribution in [0.2, 0.25) is 0 Å². The summed E-state index contributed by atoms with van der Waals surface area (Å²) in [5, 5.41) is 0. The zero-order chi connectivity index (χ0) is 31.2. The number of Topliss-reactive ketones (excluding diaryl/α,β-unsaturated/α-hetero) is 2. The van der Waals surface area contributed by atoms with Gasteiger partial charge in [0, 0.05) is 47.3 Å². The highest BCUT2D eigenvalue weighted by Crippen LogP contribution is 2.43. The maximum atomic E-state index is 13.6. The SMILES string of the molecule is CC(=O)OC(=C1C=C(C(C)(C)C)C(=O)C(C(C)(C)C)=C1)C(OC(C)=O)=C1C=C(C(C)(C)C)C(=O)C(C(C)(C)C)=C1. The van der Waals surface area contributed by atoms with Gasteiger partial charge in [-0.2, -0.15) is 0 Å². The highest BCUT2D eigenvalue weighted by atomic mass is 16.6. The fourth-order valence-corrected chi connectivity index (χ4v) is 4.51. The van der Waals surface area contributed by atoms with Crippen molar-refractivity contribution < 1.29 is 28.7 Å². The molecular weight excluding hydrogens is 504 g/mol. The van der Waals surface area contributed by atoms with Crippen LogP contribution in [0, 0.1) is 21.7 Å². The second-order valence-electron chi connectivity index (χ2n) is 14.6. The molecule has 0 aliphatic heterocycles. The summed E-state index contributed by atoms with van der Waals surface area (Å²) in [7, 11) is 0. The lowest BCUT2D eigenvalue weighted by atomic mass is 9.71. The zero-order valence-corrected chi connectivity index (χ0v) is 26.8. The van der Waals surface area contributed by atoms with Crippen molar-refractivity contribution in [3.63, 3.8) is 0 Å². The molecule has 0 spiro atoms. The van der Waals surface area contributed by atoms with E-state index in [9.17, 15) is 19.2 Å². The molecule has 0 heterocycles. The maximum Gasteiger partial charge on any atom is 0.308 e. The Balaban J connectivity index is 3.21. The van der Waals surface area contributed by atoms with Gasteiger partial charge in [-0.3, -0.25) is 19.2 Å². The summed E-state index contributed by atoms with van der Waals surface area (Å²) in [5.74, 6) is -1.38. The van der Waals surface area contributed by atoms with Crippen molar-refractivity contribution in [1.29, 1.82) is 0 Å². The second-order valence-corrected chi connectivity index (χ2v) is 14.6. The Bertz CT molecular complexity index is 1150. The van der Waals surface area contributed by atoms with Crippen LogP contribution in [0.15, 0.2) is 69.3 Å². The third kappa shape index (κ3) is 7.47. The molecule has 0 saturated heterocycles. The third-order valence-electron chi connectivity index (χ3n) is 6.63. The van der Waals surface area contributed by atoms with E-state index in [4.69, 9.17) is 9.47 Å². The molecule has 2 aliphatic rings. The zero-order valence-electron chi connectivity index (χ0n) is 26.8. The van der Waals surface area contributed by atoms with E-state index in [1.165, 1.54) is 13.8 Å². The largest absolute Gasteiger partial charge is 0.422 e. The van der Waals surface area contributed by atoms with Crippen molar-refractivity contribution in [1.82, 2.24) is 0 Å². The summed E-state index contributed by atoms with van der Waals surface area (Å²) in [4.78, 5) is 52.1. The molecule has 6 nitrogen and oxygen atoms in total. The summed E-state index contributed by atoms with van der Waals surface area (Å²) >= 11 is 0. The Labute approximate surface area is 240 Å². The van der Waals surface area contributed by atoms with Crippen molar-refractivity contribution >= 4 is 23.5 Å². The first-order valence-corrected chi connectivity index (χ1v) is 13.7. The van der Waals surface area contributed by atoms with Crippen molar-refractivity contribution in [3.05, 3.63) is 69.3 Å². The Hall–Kier alpha value is -3.28. The first-order valence-electron chi connectivity index (χ1n) is 13.7. The number of carbonyl (C=O) groups excluding carboxylic acids is 4. The van der Waals surface area contributed by atoms with Crippen LogP contribution in [0.1, 0.15) is 96.9 Å². The first kappa shape index (κ1) is 32.9. The van der Waals surface area contributed by atoms with E-state index in [1.807, 2.05) is 83.1 Å². The third-order valence-corrected chi connectivity index (χ3v) is 6.63. The Morgan fingerprint density at radius 3 is 0.825 bits per heavy atom. The molecule has 0 amide bonds. The van der Waals surface area contributed by atoms with Crippen LogP contribution in [0.25, 0.3) is 0 Å². The van der Waals surface area contributed by atoms with Crippen LogP contribution in [0.3, 0.4) is 0 Å². The fourth-order valence-electron chi connectivity index (χ4n) is 4.51. The molecule has 0 saturated carbocycles. The topological polar surface area (TPSA) is 86.7 Å². The predicted molar refractivity (Wildman–Crippen MR) is 158 cm³/mol. The van der Waals surface area contributed by atoms with E-state index in [0.29, 0.717) is 33.4 Å². The van der Waals surface area contributed by atoms with Gasteiger partial charge in [0.25, 0.3) is 0 Å². The van der Waals surface area contributed by atoms with Crippen molar-refractivity contribution in [2.75, 3.05) is 0 Å². The second kappa shape index (κ2) is 10.9. The van der Waals surface area contributed by atoms with Gasteiger partial charge in [-0.05, 0) is 46.0 Å². The van der Waals surface area contributed by atoms with Gasteiger partial charge in [-0.15, -0.1) is 0 Å². The first-order chi connectivity index (χ1) is 17.9. The molecule has 0 aromatic heterocycles. The lowest BCUT2D eigenvalue weighted by Gasteiger charge is -2.33. The van der Waals surface area contributed by atoms with Gasteiger partial charge >= 0.3 is 11.9 Å². The van der Waals surface area contributed by atoms with E-state index in [-0.39, 0.29) is 23.1 Å². The molecule has 0 fully saturated rings. The normalized spacial score (nSPS) is 17.1. The Kier molecular flexibility index (Phi) is 9.01. The number of hydrogen-bond acceptors (Lipinski definition) is 6. The summed E-state index contributed by atoms with van der Waals surface area (Å²) < 4.78 is 11.6. The van der Waals surface area contributed by atoms with Crippen LogP contribution in [-0.4, -0.2) is 23.5 Å². The van der Waals surface area contributed by atoms with Gasteiger partial charge in [0.1, 0.15) is 0 Å². The summed E-state index contributed by atoms with van der Waals surface area (Å²) in [6.45, 7) is 25.9. The summed E-state index contributed by atoms with van der Waals surface area (Å²) in [6.07, 6.45) is 6.82. The number of carbonyl (C=O) groups is 4. The number of ether oxygens (including phenoxy) is 2. The molecule has 0 aromatic carbocycles. The number of allylic oxidation sites excluding steroid dienone is 10.